The van der Waals surface area contributed by atoms with E-state index >= 15 is 0 Å². The molecule has 5 heteroatoms. The molecule has 0 radical (unpaired) electrons. The molecule has 0 aromatic carbocycles. The molecule has 10 heavy (non-hydrogen) atoms. The van der Waals surface area contributed by atoms with Crippen LogP contribution in [0.3, 0.4) is 0 Å². The van der Waals surface area contributed by atoms with Gasteiger partial charge in [-0.15, -0.1) is 0 Å². The van der Waals surface area contributed by atoms with E-state index in [1.54, 1.807) is 0 Å². The summed E-state index contributed by atoms with van der Waals surface area (Å²) in [5, 5.41) is 0.437. The highest BCUT2D eigenvalue weighted by molar-refractivity contribution is 7.80. The lowest BCUT2D eigenvalue weighted by molar-refractivity contribution is 0.326. The summed E-state index contributed by atoms with van der Waals surface area (Å²) in [6.07, 6.45) is 3.75. The lowest BCUT2D eigenvalue weighted by Crippen LogP contribution is -2.52. The number of nitrogens with one attached hydrogen (secondary N) is 3. The Morgan fingerprint density at radius 1 is 1.50 bits per heavy atom. The van der Waals surface area contributed by atoms with Crippen molar-refractivity contribution in [2.45, 2.75) is 25.3 Å². The van der Waals surface area contributed by atoms with Crippen molar-refractivity contribution in [3.63, 3.8) is 0 Å². The fraction of sp³-hybridized carbons (Fsp3) is 0.800. The fourth-order valence-corrected chi connectivity index (χ4v) is 0.815. The molecule has 0 bridgehead atoms. The van der Waals surface area contributed by atoms with Crippen LogP contribution in [-0.4, -0.2) is 11.2 Å². The lowest BCUT2D eigenvalue weighted by Gasteiger charge is -2.26. The molecule has 1 saturated carbocycles. The zero-order valence-electron chi connectivity index (χ0n) is 5.68. The highest BCUT2D eigenvalue weighted by Gasteiger charge is 2.16. The van der Waals surface area contributed by atoms with Gasteiger partial charge in [0.25, 0.3) is 0 Å². The minimum Gasteiger partial charge on any atom is -0.300 e. The maximum Gasteiger partial charge on any atom is 0.195 e. The molecule has 4 nitrogen and oxygen atoms in total. The second-order valence-corrected chi connectivity index (χ2v) is 2.78. The van der Waals surface area contributed by atoms with Gasteiger partial charge in [-0.3, -0.25) is 10.9 Å². The van der Waals surface area contributed by atoms with Gasteiger partial charge in [-0.25, -0.2) is 11.3 Å². The van der Waals surface area contributed by atoms with E-state index in [4.69, 9.17) is 18.1 Å². The monoisotopic (exact) mass is 160 g/mol. The van der Waals surface area contributed by atoms with Crippen LogP contribution in [0, 0.1) is 0 Å². The molecule has 58 valence electrons. The first kappa shape index (κ1) is 7.71. The molecule has 5 N–H and O–H groups in total. The average molecular weight is 160 g/mol. The van der Waals surface area contributed by atoms with E-state index in [0.29, 0.717) is 11.2 Å². The summed E-state index contributed by atoms with van der Waals surface area (Å²) in [7, 11) is 0. The molecule has 1 rings (SSSR count). The molecule has 1 aliphatic rings. The summed E-state index contributed by atoms with van der Waals surface area (Å²) in [6, 6.07) is 0.575. The Kier molecular flexibility index (Phi) is 2.85. The quantitative estimate of drug-likeness (QED) is 0.246. The summed E-state index contributed by atoms with van der Waals surface area (Å²) >= 11 is 4.74. The molecule has 0 amide bonds. The number of hydrazine groups is 2. The van der Waals surface area contributed by atoms with Crippen molar-refractivity contribution in [3.8, 4) is 0 Å². The minimum atomic E-state index is 0.437. The van der Waals surface area contributed by atoms with Crippen LogP contribution in [0.1, 0.15) is 19.3 Å². The molecular weight excluding hydrogens is 148 g/mol. The summed E-state index contributed by atoms with van der Waals surface area (Å²) in [4.78, 5) is 0. The molecule has 0 aliphatic heterocycles. The topological polar surface area (TPSA) is 62.1 Å². The summed E-state index contributed by atoms with van der Waals surface area (Å²) in [5.41, 5.74) is 8.14. The maximum atomic E-state index is 5.02. The van der Waals surface area contributed by atoms with E-state index in [9.17, 15) is 0 Å². The van der Waals surface area contributed by atoms with E-state index in [1.165, 1.54) is 19.3 Å². The first-order valence-electron chi connectivity index (χ1n) is 3.35. The Hall–Kier alpha value is -0.390. The van der Waals surface area contributed by atoms with Crippen LogP contribution in [0.25, 0.3) is 0 Å². The SMILES string of the molecule is NNC(=S)NNC1CCC1. The number of hydrogen-bond acceptors (Lipinski definition) is 3. The highest BCUT2D eigenvalue weighted by atomic mass is 32.1. The van der Waals surface area contributed by atoms with Crippen LogP contribution in [0.15, 0.2) is 0 Å². The van der Waals surface area contributed by atoms with Gasteiger partial charge >= 0.3 is 0 Å². The zero-order valence-corrected chi connectivity index (χ0v) is 6.50. The van der Waals surface area contributed by atoms with Crippen molar-refractivity contribution in [1.82, 2.24) is 16.3 Å². The summed E-state index contributed by atoms with van der Waals surface area (Å²) in [6.45, 7) is 0. The van der Waals surface area contributed by atoms with Crippen LogP contribution in [0.4, 0.5) is 0 Å². The predicted molar refractivity (Wildman–Crippen MR) is 43.8 cm³/mol. The van der Waals surface area contributed by atoms with Crippen LogP contribution in [0.2, 0.25) is 0 Å². The van der Waals surface area contributed by atoms with E-state index < -0.39 is 0 Å². The van der Waals surface area contributed by atoms with Crippen molar-refractivity contribution < 1.29 is 0 Å². The van der Waals surface area contributed by atoms with E-state index in [-0.39, 0.29) is 0 Å². The molecule has 0 spiro atoms. The third-order valence-corrected chi connectivity index (χ3v) is 1.85. The van der Waals surface area contributed by atoms with Crippen molar-refractivity contribution in [3.05, 3.63) is 0 Å². The molecule has 0 unspecified atom stereocenters. The van der Waals surface area contributed by atoms with E-state index in [0.717, 1.165) is 0 Å². The van der Waals surface area contributed by atoms with Crippen LogP contribution in [-0.2, 0) is 0 Å². The number of nitrogens with two attached hydrogens (primary N) is 1. The van der Waals surface area contributed by atoms with Crippen molar-refractivity contribution in [2.75, 3.05) is 0 Å². The van der Waals surface area contributed by atoms with Crippen LogP contribution in [0.5, 0.6) is 0 Å². The van der Waals surface area contributed by atoms with Gasteiger partial charge in [-0.2, -0.15) is 0 Å². The van der Waals surface area contributed by atoms with Crippen molar-refractivity contribution in [1.29, 1.82) is 0 Å². The maximum absolute atomic E-state index is 5.02. The van der Waals surface area contributed by atoms with E-state index in [2.05, 4.69) is 16.3 Å². The first-order chi connectivity index (χ1) is 4.83. The number of thiocarbonyl (C=S) groups is 1. The molecule has 0 atom stereocenters. The van der Waals surface area contributed by atoms with Crippen LogP contribution < -0.4 is 22.1 Å². The predicted octanol–water partition coefficient (Wildman–Crippen LogP) is -0.619. The molecule has 0 aromatic rings. The third-order valence-electron chi connectivity index (χ3n) is 1.63. The molecule has 0 saturated heterocycles. The summed E-state index contributed by atoms with van der Waals surface area (Å²) in [5.74, 6) is 5.02. The van der Waals surface area contributed by atoms with Crippen LogP contribution >= 0.6 is 12.2 Å². The Labute approximate surface area is 65.5 Å². The van der Waals surface area contributed by atoms with E-state index in [1.807, 2.05) is 0 Å². The van der Waals surface area contributed by atoms with Gasteiger partial charge in [0, 0.05) is 6.04 Å². The zero-order chi connectivity index (χ0) is 7.40. The third kappa shape index (κ3) is 2.09. The van der Waals surface area contributed by atoms with Crippen molar-refractivity contribution >= 4 is 17.3 Å². The van der Waals surface area contributed by atoms with Gasteiger partial charge < -0.3 is 0 Å². The Balaban J connectivity index is 1.98. The standard InChI is InChI=1S/C5H12N4S/c6-7-5(10)9-8-4-2-1-3-4/h4,8H,1-3,6H2,(H2,7,9,10). The highest BCUT2D eigenvalue weighted by Crippen LogP contribution is 2.16. The smallest absolute Gasteiger partial charge is 0.195 e. The molecule has 1 fully saturated rings. The largest absolute Gasteiger partial charge is 0.300 e. The number of rotatable bonds is 2. The average Bonchev–Trinajstić information content (AvgIpc) is 1.84. The summed E-state index contributed by atoms with van der Waals surface area (Å²) < 4.78 is 0. The fourth-order valence-electron chi connectivity index (χ4n) is 0.756. The molecular formula is C5H12N4S. The molecule has 0 aromatic heterocycles. The van der Waals surface area contributed by atoms with Crippen molar-refractivity contribution in [2.24, 2.45) is 5.84 Å². The Bertz CT molecular complexity index is 123. The van der Waals surface area contributed by atoms with Gasteiger partial charge in [0.1, 0.15) is 0 Å². The lowest BCUT2D eigenvalue weighted by atomic mass is 9.94. The normalized spacial score (nSPS) is 17.7. The molecule has 0 heterocycles. The second kappa shape index (κ2) is 3.70. The Morgan fingerprint density at radius 3 is 2.60 bits per heavy atom. The van der Waals surface area contributed by atoms with Gasteiger partial charge in [-0.1, -0.05) is 6.42 Å². The van der Waals surface area contributed by atoms with Gasteiger partial charge in [0.05, 0.1) is 0 Å². The minimum absolute atomic E-state index is 0.437. The first-order valence-corrected chi connectivity index (χ1v) is 3.76. The van der Waals surface area contributed by atoms with Gasteiger partial charge in [0.15, 0.2) is 5.11 Å². The number of hydrogen-bond donors (Lipinski definition) is 4. The van der Waals surface area contributed by atoms with Gasteiger partial charge in [-0.05, 0) is 25.1 Å². The Morgan fingerprint density at radius 2 is 2.20 bits per heavy atom. The van der Waals surface area contributed by atoms with Gasteiger partial charge in [0.2, 0.25) is 0 Å². The molecule has 1 aliphatic carbocycles. The second-order valence-electron chi connectivity index (χ2n) is 2.37.